The van der Waals surface area contributed by atoms with Crippen LogP contribution in [0.2, 0.25) is 0 Å². The Morgan fingerprint density at radius 2 is 1.12 bits per heavy atom. The molecular weight excluding hydrogens is 398 g/mol. The number of nitrogens with zero attached hydrogens (tertiary/aromatic N) is 1. The molecule has 0 radical (unpaired) electrons. The van der Waals surface area contributed by atoms with E-state index in [0.717, 1.165) is 36.8 Å². The zero-order valence-electron chi connectivity index (χ0n) is 22.3. The van der Waals surface area contributed by atoms with E-state index in [9.17, 15) is 15.0 Å². The lowest BCUT2D eigenvalue weighted by Crippen LogP contribution is -2.51. The number of aliphatic carboxylic acids is 1. The molecule has 4 heteroatoms. The van der Waals surface area contributed by atoms with Crippen molar-refractivity contribution in [3.8, 4) is 0 Å². The molecule has 1 N–H and O–H groups in total. The second-order valence-corrected chi connectivity index (χ2v) is 11.2. The topological polar surface area (TPSA) is 60.4 Å². The van der Waals surface area contributed by atoms with Crippen molar-refractivity contribution in [3.63, 3.8) is 0 Å². The van der Waals surface area contributed by atoms with Gasteiger partial charge in [-0.05, 0) is 32.6 Å². The van der Waals surface area contributed by atoms with Gasteiger partial charge < -0.3 is 19.5 Å². The quantitative estimate of drug-likeness (QED) is 0.136. The molecule has 1 unspecified atom stereocenters. The van der Waals surface area contributed by atoms with Gasteiger partial charge in [-0.3, -0.25) is 0 Å². The molecule has 192 valence electrons. The molecule has 32 heavy (non-hydrogen) atoms. The maximum atomic E-state index is 10.8. The highest BCUT2D eigenvalue weighted by Crippen LogP contribution is 2.20. The van der Waals surface area contributed by atoms with Crippen molar-refractivity contribution in [2.75, 3.05) is 27.2 Å². The largest absolute Gasteiger partial charge is 0.550 e. The van der Waals surface area contributed by atoms with Gasteiger partial charge in [0.2, 0.25) is 0 Å². The van der Waals surface area contributed by atoms with E-state index in [4.69, 9.17) is 0 Å². The molecule has 0 aliphatic carbocycles. The van der Waals surface area contributed by atoms with E-state index in [1.54, 1.807) is 0 Å². The van der Waals surface area contributed by atoms with Gasteiger partial charge in [-0.25, -0.2) is 0 Å². The van der Waals surface area contributed by atoms with Crippen molar-refractivity contribution in [3.05, 3.63) is 0 Å². The van der Waals surface area contributed by atoms with Crippen LogP contribution >= 0.6 is 0 Å². The van der Waals surface area contributed by atoms with Crippen LogP contribution in [0.3, 0.4) is 0 Å². The lowest BCUT2D eigenvalue weighted by Gasteiger charge is -2.36. The first-order chi connectivity index (χ1) is 15.2. The molecule has 4 nitrogen and oxygen atoms in total. The van der Waals surface area contributed by atoms with E-state index in [0.29, 0.717) is 6.42 Å². The minimum absolute atomic E-state index is 0.135. The Morgan fingerprint density at radius 3 is 1.53 bits per heavy atom. The average molecular weight is 456 g/mol. The van der Waals surface area contributed by atoms with Crippen LogP contribution in [0.15, 0.2) is 0 Å². The Labute approximate surface area is 200 Å². The number of carboxylic acid groups (broad SMARTS) is 1. The van der Waals surface area contributed by atoms with Crippen LogP contribution in [0.4, 0.5) is 0 Å². The summed E-state index contributed by atoms with van der Waals surface area (Å²) < 4.78 is 0.735. The smallest absolute Gasteiger partial charge is 0.111 e. The number of rotatable bonds is 24. The number of hydrogen-bond acceptors (Lipinski definition) is 3. The van der Waals surface area contributed by atoms with Gasteiger partial charge in [-0.2, -0.15) is 0 Å². The van der Waals surface area contributed by atoms with Gasteiger partial charge in [0.25, 0.3) is 0 Å². The fraction of sp³-hybridized carbons (Fsp3) is 0.964. The molecule has 0 amide bonds. The maximum Gasteiger partial charge on any atom is 0.111 e. The number of hydrogen-bond donors (Lipinski definition) is 1. The van der Waals surface area contributed by atoms with Gasteiger partial charge in [0.15, 0.2) is 0 Å². The molecule has 0 fully saturated rings. The van der Waals surface area contributed by atoms with Crippen LogP contribution in [0.1, 0.15) is 142 Å². The second kappa shape index (κ2) is 19.8. The second-order valence-electron chi connectivity index (χ2n) is 11.2. The summed E-state index contributed by atoms with van der Waals surface area (Å²) in [5.74, 6) is -0.967. The van der Waals surface area contributed by atoms with Gasteiger partial charge in [0.05, 0.1) is 20.6 Å². The van der Waals surface area contributed by atoms with Gasteiger partial charge in [0, 0.05) is 5.97 Å². The van der Waals surface area contributed by atoms with Crippen molar-refractivity contribution < 1.29 is 19.5 Å². The van der Waals surface area contributed by atoms with Gasteiger partial charge in [-0.15, -0.1) is 0 Å². The maximum absolute atomic E-state index is 10.8. The molecule has 0 aromatic rings. The van der Waals surface area contributed by atoms with E-state index in [1.165, 1.54) is 96.3 Å². The van der Waals surface area contributed by atoms with Crippen molar-refractivity contribution in [1.29, 1.82) is 0 Å². The van der Waals surface area contributed by atoms with Crippen molar-refractivity contribution >= 4 is 5.97 Å². The minimum Gasteiger partial charge on any atom is -0.550 e. The monoisotopic (exact) mass is 455 g/mol. The highest BCUT2D eigenvalue weighted by Gasteiger charge is 2.29. The predicted molar refractivity (Wildman–Crippen MR) is 135 cm³/mol. The fourth-order valence-electron chi connectivity index (χ4n) is 4.94. The van der Waals surface area contributed by atoms with E-state index in [1.807, 2.05) is 6.92 Å². The summed E-state index contributed by atoms with van der Waals surface area (Å²) in [6.07, 6.45) is 24.4. The van der Waals surface area contributed by atoms with Crippen LogP contribution in [-0.2, 0) is 4.79 Å². The highest BCUT2D eigenvalue weighted by atomic mass is 16.4. The van der Waals surface area contributed by atoms with Crippen LogP contribution < -0.4 is 5.11 Å². The highest BCUT2D eigenvalue weighted by molar-refractivity contribution is 5.64. The summed E-state index contributed by atoms with van der Waals surface area (Å²) in [6, 6.07) is 0. The van der Waals surface area contributed by atoms with Crippen LogP contribution in [0, 0.1) is 0 Å². The molecule has 0 spiro atoms. The molecule has 0 aliphatic rings. The van der Waals surface area contributed by atoms with E-state index in [-0.39, 0.29) is 6.42 Å². The van der Waals surface area contributed by atoms with Crippen LogP contribution in [-0.4, -0.2) is 48.3 Å². The summed E-state index contributed by atoms with van der Waals surface area (Å²) in [6.45, 7) is 5.85. The summed E-state index contributed by atoms with van der Waals surface area (Å²) in [7, 11) is 4.25. The summed E-state index contributed by atoms with van der Waals surface area (Å²) >= 11 is 0. The standard InChI is InChI=1S/C28H57NO3/c1-5-6-7-8-9-10-11-12-13-14-15-16-17-18-19-21-24-28(2,32)26-29(3,4)25-22-20-23-27(30)31/h32H,5-26H2,1-4H3. The molecule has 0 saturated heterocycles. The third kappa shape index (κ3) is 22.6. The lowest BCUT2D eigenvalue weighted by atomic mass is 9.96. The van der Waals surface area contributed by atoms with E-state index in [2.05, 4.69) is 21.0 Å². The summed E-state index contributed by atoms with van der Waals surface area (Å²) in [5, 5.41) is 21.3. The molecule has 0 aromatic heterocycles. The zero-order chi connectivity index (χ0) is 24.1. The normalized spacial score (nSPS) is 13.9. The number of carbonyl (C=O) groups is 1. The first-order valence-electron chi connectivity index (χ1n) is 13.9. The van der Waals surface area contributed by atoms with E-state index >= 15 is 0 Å². The Balaban J connectivity index is 3.53. The van der Waals surface area contributed by atoms with Gasteiger partial charge in [0.1, 0.15) is 12.1 Å². The molecular formula is C28H57NO3. The van der Waals surface area contributed by atoms with Gasteiger partial charge >= 0.3 is 0 Å². The van der Waals surface area contributed by atoms with E-state index < -0.39 is 11.6 Å². The van der Waals surface area contributed by atoms with Gasteiger partial charge in [-0.1, -0.05) is 110 Å². The first kappa shape index (κ1) is 31.4. The Bertz CT molecular complexity index is 434. The van der Waals surface area contributed by atoms with Crippen molar-refractivity contribution in [1.82, 2.24) is 0 Å². The number of likely N-dealkylation sites (N-methyl/N-ethyl adjacent to an activating group) is 1. The number of unbranched alkanes of at least 4 members (excludes halogenated alkanes) is 16. The Morgan fingerprint density at radius 1 is 0.719 bits per heavy atom. The molecule has 1 atom stereocenters. The van der Waals surface area contributed by atoms with Crippen LogP contribution in [0.25, 0.3) is 0 Å². The summed E-state index contributed by atoms with van der Waals surface area (Å²) in [5.41, 5.74) is -0.645. The molecule has 0 rings (SSSR count). The lowest BCUT2D eigenvalue weighted by molar-refractivity contribution is -0.896. The molecule has 0 heterocycles. The molecule has 0 aliphatic heterocycles. The minimum atomic E-state index is -0.967. The first-order valence-corrected chi connectivity index (χ1v) is 13.9. The molecule has 0 saturated carbocycles. The van der Waals surface area contributed by atoms with Crippen molar-refractivity contribution in [2.45, 2.75) is 148 Å². The zero-order valence-corrected chi connectivity index (χ0v) is 22.3. The Kier molecular flexibility index (Phi) is 19.4. The van der Waals surface area contributed by atoms with Crippen molar-refractivity contribution in [2.24, 2.45) is 0 Å². The van der Waals surface area contributed by atoms with Crippen LogP contribution in [0.5, 0.6) is 0 Å². The number of aliphatic hydroxyl groups is 1. The number of carboxylic acids is 1. The molecule has 0 aromatic carbocycles. The fourth-order valence-corrected chi connectivity index (χ4v) is 4.94. The number of carbonyl (C=O) groups excluding carboxylic acids is 1. The number of quaternary nitrogens is 1. The third-order valence-electron chi connectivity index (χ3n) is 6.73. The Hall–Kier alpha value is -0.610. The third-order valence-corrected chi connectivity index (χ3v) is 6.73. The molecule has 0 bridgehead atoms. The average Bonchev–Trinajstić information content (AvgIpc) is 2.70. The SMILES string of the molecule is CCCCCCCCCCCCCCCCCCC(C)(O)C[N+](C)(C)CCCCC(=O)[O-]. The predicted octanol–water partition coefficient (Wildman–Crippen LogP) is 6.39. The summed E-state index contributed by atoms with van der Waals surface area (Å²) in [4.78, 5) is 10.5.